The molecule has 1 aliphatic rings. The Labute approximate surface area is 113 Å². The summed E-state index contributed by atoms with van der Waals surface area (Å²) in [4.78, 5) is 6.82. The van der Waals surface area contributed by atoms with E-state index in [1.165, 1.54) is 11.3 Å². The van der Waals surface area contributed by atoms with Crippen molar-refractivity contribution in [1.82, 2.24) is 4.98 Å². The number of anilines is 2. The Kier molecular flexibility index (Phi) is 3.09. The molecule has 3 N–H and O–H groups in total. The van der Waals surface area contributed by atoms with Crippen molar-refractivity contribution in [1.29, 1.82) is 0 Å². The third-order valence-electron chi connectivity index (χ3n) is 3.66. The van der Waals surface area contributed by atoms with Crippen LogP contribution in [-0.4, -0.2) is 11.0 Å². The molecule has 0 saturated carbocycles. The lowest BCUT2D eigenvalue weighted by Gasteiger charge is -2.24. The fraction of sp³-hybridized carbons (Fsp3) is 0.267. The van der Waals surface area contributed by atoms with Gasteiger partial charge in [0.05, 0.1) is 17.9 Å². The molecule has 0 bridgehead atoms. The largest absolute Gasteiger partial charge is 0.362 e. The predicted molar refractivity (Wildman–Crippen MR) is 77.8 cm³/mol. The standard InChI is InChI=1S/C15H18N4/c1-11-8-12-4-2-3-5-15(12)19(11)10-14-9-13(18-16)6-7-17-14/h2-7,9,11H,8,10,16H2,1H3,(H,17,18). The molecule has 4 heteroatoms. The average Bonchev–Trinajstić information content (AvgIpc) is 2.76. The summed E-state index contributed by atoms with van der Waals surface area (Å²) >= 11 is 0. The minimum Gasteiger partial charge on any atom is -0.362 e. The number of benzene rings is 1. The minimum absolute atomic E-state index is 0.508. The number of nitrogen functional groups attached to an aromatic ring is 1. The van der Waals surface area contributed by atoms with Crippen LogP contribution < -0.4 is 16.2 Å². The highest BCUT2D eigenvalue weighted by Crippen LogP contribution is 2.32. The molecule has 19 heavy (non-hydrogen) atoms. The van der Waals surface area contributed by atoms with Crippen LogP contribution >= 0.6 is 0 Å². The molecule has 0 fully saturated rings. The van der Waals surface area contributed by atoms with E-state index < -0.39 is 0 Å². The van der Waals surface area contributed by atoms with Gasteiger partial charge in [0.15, 0.2) is 0 Å². The highest BCUT2D eigenvalue weighted by atomic mass is 15.2. The molecular formula is C15H18N4. The van der Waals surface area contributed by atoms with Crippen LogP contribution in [0.1, 0.15) is 18.2 Å². The van der Waals surface area contributed by atoms with Gasteiger partial charge >= 0.3 is 0 Å². The van der Waals surface area contributed by atoms with Crippen molar-refractivity contribution in [3.63, 3.8) is 0 Å². The summed E-state index contributed by atoms with van der Waals surface area (Å²) in [6.45, 7) is 3.07. The van der Waals surface area contributed by atoms with E-state index in [1.807, 2.05) is 12.1 Å². The van der Waals surface area contributed by atoms with E-state index in [4.69, 9.17) is 5.84 Å². The molecule has 2 aromatic rings. The van der Waals surface area contributed by atoms with E-state index in [0.717, 1.165) is 24.3 Å². The molecule has 3 rings (SSSR count). The molecule has 1 atom stereocenters. The molecule has 1 aromatic carbocycles. The van der Waals surface area contributed by atoms with Gasteiger partial charge in [-0.3, -0.25) is 10.8 Å². The first-order valence-electron chi connectivity index (χ1n) is 6.54. The number of nitrogens with two attached hydrogens (primary N) is 1. The summed E-state index contributed by atoms with van der Waals surface area (Å²) in [6, 6.07) is 13.0. The smallest absolute Gasteiger partial charge is 0.0618 e. The van der Waals surface area contributed by atoms with Crippen molar-refractivity contribution in [2.24, 2.45) is 5.84 Å². The molecule has 0 radical (unpaired) electrons. The topological polar surface area (TPSA) is 54.2 Å². The number of hydrazine groups is 1. The summed E-state index contributed by atoms with van der Waals surface area (Å²) in [5.41, 5.74) is 7.33. The van der Waals surface area contributed by atoms with Crippen LogP contribution in [0.15, 0.2) is 42.6 Å². The average molecular weight is 254 g/mol. The predicted octanol–water partition coefficient (Wildman–Crippen LogP) is 2.32. The third-order valence-corrected chi connectivity index (χ3v) is 3.66. The van der Waals surface area contributed by atoms with Crippen LogP contribution in [0.2, 0.25) is 0 Å². The van der Waals surface area contributed by atoms with Gasteiger partial charge in [0, 0.05) is 17.9 Å². The maximum atomic E-state index is 5.44. The van der Waals surface area contributed by atoms with E-state index >= 15 is 0 Å². The molecule has 1 aromatic heterocycles. The van der Waals surface area contributed by atoms with Gasteiger partial charge in [0.25, 0.3) is 0 Å². The second kappa shape index (κ2) is 4.90. The van der Waals surface area contributed by atoms with Crippen LogP contribution in [0.3, 0.4) is 0 Å². The summed E-state index contributed by atoms with van der Waals surface area (Å²) in [7, 11) is 0. The Morgan fingerprint density at radius 1 is 1.37 bits per heavy atom. The van der Waals surface area contributed by atoms with E-state index in [2.05, 4.69) is 46.5 Å². The van der Waals surface area contributed by atoms with E-state index in [9.17, 15) is 0 Å². The minimum atomic E-state index is 0.508. The van der Waals surface area contributed by atoms with Gasteiger partial charge in [-0.15, -0.1) is 0 Å². The first kappa shape index (κ1) is 12.0. The van der Waals surface area contributed by atoms with Crippen LogP contribution in [0.5, 0.6) is 0 Å². The maximum absolute atomic E-state index is 5.44. The second-order valence-corrected chi connectivity index (χ2v) is 4.99. The monoisotopic (exact) mass is 254 g/mol. The summed E-state index contributed by atoms with van der Waals surface area (Å²) in [6.07, 6.45) is 2.89. The number of para-hydroxylation sites is 1. The molecule has 0 amide bonds. The number of hydrogen-bond acceptors (Lipinski definition) is 4. The van der Waals surface area contributed by atoms with E-state index in [-0.39, 0.29) is 0 Å². The molecule has 1 unspecified atom stereocenters. The Morgan fingerprint density at radius 2 is 2.21 bits per heavy atom. The quantitative estimate of drug-likeness (QED) is 0.652. The van der Waals surface area contributed by atoms with Gasteiger partial charge in [-0.25, -0.2) is 0 Å². The number of pyridine rings is 1. The lowest BCUT2D eigenvalue weighted by molar-refractivity contribution is 0.665. The van der Waals surface area contributed by atoms with Gasteiger partial charge in [0.1, 0.15) is 0 Å². The zero-order chi connectivity index (χ0) is 13.2. The normalized spacial score (nSPS) is 17.4. The van der Waals surface area contributed by atoms with Gasteiger partial charge in [0.2, 0.25) is 0 Å². The van der Waals surface area contributed by atoms with Crippen LogP contribution in [-0.2, 0) is 13.0 Å². The Morgan fingerprint density at radius 3 is 3.05 bits per heavy atom. The summed E-state index contributed by atoms with van der Waals surface area (Å²) in [5.74, 6) is 5.44. The molecule has 0 saturated heterocycles. The Bertz CT molecular complexity index is 582. The molecule has 2 heterocycles. The number of hydrogen-bond donors (Lipinski definition) is 2. The van der Waals surface area contributed by atoms with Crippen molar-refractivity contribution < 1.29 is 0 Å². The summed E-state index contributed by atoms with van der Waals surface area (Å²) < 4.78 is 0. The number of nitrogens with one attached hydrogen (secondary N) is 1. The van der Waals surface area contributed by atoms with Crippen LogP contribution in [0, 0.1) is 0 Å². The lowest BCUT2D eigenvalue weighted by Crippen LogP contribution is -2.29. The second-order valence-electron chi connectivity index (χ2n) is 4.99. The van der Waals surface area contributed by atoms with Crippen molar-refractivity contribution in [2.75, 3.05) is 10.3 Å². The van der Waals surface area contributed by atoms with Gasteiger partial charge in [-0.1, -0.05) is 18.2 Å². The molecule has 4 nitrogen and oxygen atoms in total. The van der Waals surface area contributed by atoms with Crippen LogP contribution in [0.4, 0.5) is 11.4 Å². The van der Waals surface area contributed by atoms with Crippen molar-refractivity contribution in [3.05, 3.63) is 53.9 Å². The molecule has 0 spiro atoms. The van der Waals surface area contributed by atoms with E-state index in [0.29, 0.717) is 6.04 Å². The Hall–Kier alpha value is -2.07. The van der Waals surface area contributed by atoms with Crippen molar-refractivity contribution in [2.45, 2.75) is 25.9 Å². The molecular weight excluding hydrogens is 236 g/mol. The molecule has 0 aliphatic carbocycles. The Balaban J connectivity index is 1.87. The zero-order valence-corrected chi connectivity index (χ0v) is 11.0. The van der Waals surface area contributed by atoms with Gasteiger partial charge in [-0.05, 0) is 37.1 Å². The molecule has 98 valence electrons. The van der Waals surface area contributed by atoms with Gasteiger partial charge < -0.3 is 10.3 Å². The van der Waals surface area contributed by atoms with Crippen LogP contribution in [0.25, 0.3) is 0 Å². The van der Waals surface area contributed by atoms with Crippen molar-refractivity contribution in [3.8, 4) is 0 Å². The van der Waals surface area contributed by atoms with E-state index in [1.54, 1.807) is 6.20 Å². The molecule has 1 aliphatic heterocycles. The fourth-order valence-electron chi connectivity index (χ4n) is 2.70. The maximum Gasteiger partial charge on any atom is 0.0618 e. The number of fused-ring (bicyclic) bond motifs is 1. The number of aromatic nitrogens is 1. The highest BCUT2D eigenvalue weighted by molar-refractivity contribution is 5.59. The SMILES string of the molecule is CC1Cc2ccccc2N1Cc1cc(NN)ccn1. The number of rotatable bonds is 3. The third kappa shape index (κ3) is 2.27. The lowest BCUT2D eigenvalue weighted by atomic mass is 10.1. The first-order chi connectivity index (χ1) is 9.28. The van der Waals surface area contributed by atoms with Gasteiger partial charge in [-0.2, -0.15) is 0 Å². The highest BCUT2D eigenvalue weighted by Gasteiger charge is 2.25. The van der Waals surface area contributed by atoms with Crippen molar-refractivity contribution >= 4 is 11.4 Å². The fourth-order valence-corrected chi connectivity index (χ4v) is 2.70. The zero-order valence-electron chi connectivity index (χ0n) is 11.0. The number of nitrogens with zero attached hydrogens (tertiary/aromatic N) is 2. The summed E-state index contributed by atoms with van der Waals surface area (Å²) in [5, 5.41) is 0. The first-order valence-corrected chi connectivity index (χ1v) is 6.54.